The predicted molar refractivity (Wildman–Crippen MR) is 114 cm³/mol. The third-order valence-electron chi connectivity index (χ3n) is 4.75. The highest BCUT2D eigenvalue weighted by molar-refractivity contribution is 6.06. The Morgan fingerprint density at radius 2 is 1.50 bits per heavy atom. The lowest BCUT2D eigenvalue weighted by molar-refractivity contribution is -0.135. The molecule has 0 heterocycles. The van der Waals surface area contributed by atoms with Crippen molar-refractivity contribution in [1.82, 2.24) is 0 Å². The van der Waals surface area contributed by atoms with E-state index in [4.69, 9.17) is 10.5 Å². The van der Waals surface area contributed by atoms with E-state index in [2.05, 4.69) is 0 Å². The Morgan fingerprint density at radius 1 is 0.933 bits per heavy atom. The van der Waals surface area contributed by atoms with Crippen molar-refractivity contribution in [1.29, 1.82) is 0 Å². The summed E-state index contributed by atoms with van der Waals surface area (Å²) in [4.78, 5) is 24.5. The minimum Gasteiger partial charge on any atom is -0.457 e. The zero-order valence-electron chi connectivity index (χ0n) is 16.7. The summed E-state index contributed by atoms with van der Waals surface area (Å²) in [6.07, 6.45) is 0.710. The van der Waals surface area contributed by atoms with Gasteiger partial charge in [-0.05, 0) is 61.7 Å². The molecule has 0 bridgehead atoms. The number of hydroxylamine groups is 1. The molecule has 0 aliphatic carbocycles. The van der Waals surface area contributed by atoms with Crippen LogP contribution in [0.15, 0.2) is 78.9 Å². The van der Waals surface area contributed by atoms with Gasteiger partial charge in [-0.25, -0.2) is 0 Å². The normalized spacial score (nSPS) is 11.5. The standard InChI is InChI=1S/C24H24N2O4/c1-17-7-12-20(13-8-17)30-21-14-10-19(11-15-21)26(29)24(28)22(23(25)27)16-9-18-5-3-2-4-6-18/h2-8,10-15,22,29H,9,16H2,1H3,(H2,25,27). The molecule has 0 fully saturated rings. The van der Waals surface area contributed by atoms with Gasteiger partial charge in [-0.1, -0.05) is 48.0 Å². The van der Waals surface area contributed by atoms with Crippen LogP contribution >= 0.6 is 0 Å². The summed E-state index contributed by atoms with van der Waals surface area (Å²) < 4.78 is 5.74. The molecule has 3 aromatic rings. The number of nitrogens with two attached hydrogens (primary N) is 1. The third-order valence-corrected chi connectivity index (χ3v) is 4.75. The third kappa shape index (κ3) is 5.46. The van der Waals surface area contributed by atoms with Gasteiger partial charge in [-0.3, -0.25) is 14.8 Å². The van der Waals surface area contributed by atoms with Crippen LogP contribution < -0.4 is 15.5 Å². The number of aryl methyl sites for hydroxylation is 2. The second-order valence-electron chi connectivity index (χ2n) is 7.04. The first-order valence-corrected chi connectivity index (χ1v) is 9.64. The Morgan fingerprint density at radius 3 is 2.07 bits per heavy atom. The van der Waals surface area contributed by atoms with E-state index in [9.17, 15) is 14.8 Å². The molecule has 0 saturated carbocycles. The molecule has 0 aliphatic rings. The van der Waals surface area contributed by atoms with E-state index in [1.54, 1.807) is 12.1 Å². The van der Waals surface area contributed by atoms with Gasteiger partial charge in [0.2, 0.25) is 5.91 Å². The fourth-order valence-electron chi connectivity index (χ4n) is 3.02. The maximum Gasteiger partial charge on any atom is 0.263 e. The number of carbonyl (C=O) groups excluding carboxylic acids is 2. The fraction of sp³-hybridized carbons (Fsp3) is 0.167. The number of amides is 2. The Kier molecular flexibility index (Phi) is 6.83. The van der Waals surface area contributed by atoms with E-state index in [1.165, 1.54) is 12.1 Å². The molecule has 0 aromatic heterocycles. The van der Waals surface area contributed by atoms with Crippen LogP contribution in [0.1, 0.15) is 17.5 Å². The van der Waals surface area contributed by atoms with E-state index in [1.807, 2.05) is 61.5 Å². The number of nitrogens with zero attached hydrogens (tertiary/aromatic N) is 1. The average Bonchev–Trinajstić information content (AvgIpc) is 2.76. The summed E-state index contributed by atoms with van der Waals surface area (Å²) in [5.74, 6) is -1.42. The lowest BCUT2D eigenvalue weighted by atomic mass is 9.97. The van der Waals surface area contributed by atoms with E-state index in [0.717, 1.165) is 11.1 Å². The number of primary amides is 1. The van der Waals surface area contributed by atoms with E-state index in [-0.39, 0.29) is 12.1 Å². The maximum atomic E-state index is 12.7. The molecular weight excluding hydrogens is 380 g/mol. The second-order valence-corrected chi connectivity index (χ2v) is 7.04. The molecule has 1 atom stereocenters. The SMILES string of the molecule is Cc1ccc(Oc2ccc(N(O)C(=O)C(CCc3ccccc3)C(N)=O)cc2)cc1. The minimum absolute atomic E-state index is 0.212. The molecule has 2 amide bonds. The molecular formula is C24H24N2O4. The Bertz CT molecular complexity index is 986. The van der Waals surface area contributed by atoms with Crippen LogP contribution in [0, 0.1) is 12.8 Å². The molecule has 6 heteroatoms. The second kappa shape index (κ2) is 9.71. The first-order valence-electron chi connectivity index (χ1n) is 9.64. The number of hydrogen-bond acceptors (Lipinski definition) is 4. The lowest BCUT2D eigenvalue weighted by Crippen LogP contribution is -2.40. The van der Waals surface area contributed by atoms with Crippen LogP contribution in [0.4, 0.5) is 5.69 Å². The number of carbonyl (C=O) groups is 2. The van der Waals surface area contributed by atoms with Crippen molar-refractivity contribution in [3.8, 4) is 11.5 Å². The molecule has 0 spiro atoms. The summed E-state index contributed by atoms with van der Waals surface area (Å²) in [6.45, 7) is 1.99. The van der Waals surface area contributed by atoms with Gasteiger partial charge in [-0.2, -0.15) is 5.06 Å². The quantitative estimate of drug-likeness (QED) is 0.334. The lowest BCUT2D eigenvalue weighted by Gasteiger charge is -2.20. The largest absolute Gasteiger partial charge is 0.457 e. The zero-order valence-corrected chi connectivity index (χ0v) is 16.7. The van der Waals surface area contributed by atoms with Gasteiger partial charge in [0.25, 0.3) is 5.91 Å². The van der Waals surface area contributed by atoms with Crippen molar-refractivity contribution in [3.63, 3.8) is 0 Å². The molecule has 30 heavy (non-hydrogen) atoms. The monoisotopic (exact) mass is 404 g/mol. The van der Waals surface area contributed by atoms with Gasteiger partial charge in [-0.15, -0.1) is 0 Å². The van der Waals surface area contributed by atoms with Crippen molar-refractivity contribution < 1.29 is 19.5 Å². The number of anilines is 1. The van der Waals surface area contributed by atoms with Gasteiger partial charge >= 0.3 is 0 Å². The van der Waals surface area contributed by atoms with E-state index < -0.39 is 17.7 Å². The van der Waals surface area contributed by atoms with Gasteiger partial charge in [0, 0.05) is 0 Å². The predicted octanol–water partition coefficient (Wildman–Crippen LogP) is 4.24. The van der Waals surface area contributed by atoms with Crippen molar-refractivity contribution in [2.45, 2.75) is 19.8 Å². The highest BCUT2D eigenvalue weighted by atomic mass is 16.5. The zero-order chi connectivity index (χ0) is 21.5. The molecule has 3 aromatic carbocycles. The molecule has 0 aliphatic heterocycles. The van der Waals surface area contributed by atoms with Gasteiger partial charge < -0.3 is 10.5 Å². The number of rotatable bonds is 8. The molecule has 1 unspecified atom stereocenters. The molecule has 0 saturated heterocycles. The molecule has 3 N–H and O–H groups in total. The smallest absolute Gasteiger partial charge is 0.263 e. The van der Waals surface area contributed by atoms with Gasteiger partial charge in [0.15, 0.2) is 0 Å². The van der Waals surface area contributed by atoms with E-state index >= 15 is 0 Å². The topological polar surface area (TPSA) is 92.9 Å². The minimum atomic E-state index is -1.13. The van der Waals surface area contributed by atoms with Crippen molar-refractivity contribution in [2.24, 2.45) is 11.7 Å². The van der Waals surface area contributed by atoms with Crippen LogP contribution in [-0.2, 0) is 16.0 Å². The van der Waals surface area contributed by atoms with Crippen LogP contribution in [0.5, 0.6) is 11.5 Å². The average molecular weight is 404 g/mol. The Hall–Kier alpha value is -3.64. The Labute approximate surface area is 175 Å². The van der Waals surface area contributed by atoms with Crippen molar-refractivity contribution in [2.75, 3.05) is 5.06 Å². The first-order chi connectivity index (χ1) is 14.4. The summed E-state index contributed by atoms with van der Waals surface area (Å²) in [7, 11) is 0. The first kappa shape index (κ1) is 21.1. The van der Waals surface area contributed by atoms with E-state index in [0.29, 0.717) is 23.0 Å². The molecule has 0 radical (unpaired) electrons. The number of hydrogen-bond donors (Lipinski definition) is 2. The number of ether oxygens (including phenoxy) is 1. The maximum absolute atomic E-state index is 12.7. The van der Waals surface area contributed by atoms with Gasteiger partial charge in [0.05, 0.1) is 5.69 Å². The molecule has 6 nitrogen and oxygen atoms in total. The van der Waals surface area contributed by atoms with Crippen LogP contribution in [0.25, 0.3) is 0 Å². The Balaban J connectivity index is 1.65. The summed E-state index contributed by atoms with van der Waals surface area (Å²) in [5, 5.41) is 10.8. The summed E-state index contributed by atoms with van der Waals surface area (Å²) in [6, 6.07) is 23.4. The fourth-order valence-corrected chi connectivity index (χ4v) is 3.02. The van der Waals surface area contributed by atoms with Crippen molar-refractivity contribution in [3.05, 3.63) is 90.0 Å². The summed E-state index contributed by atoms with van der Waals surface area (Å²) >= 11 is 0. The highest BCUT2D eigenvalue weighted by Gasteiger charge is 2.29. The summed E-state index contributed by atoms with van der Waals surface area (Å²) in [5.41, 5.74) is 7.76. The molecule has 3 rings (SSSR count). The number of benzene rings is 3. The van der Waals surface area contributed by atoms with Crippen LogP contribution in [0.3, 0.4) is 0 Å². The van der Waals surface area contributed by atoms with Crippen LogP contribution in [-0.4, -0.2) is 17.0 Å². The highest BCUT2D eigenvalue weighted by Crippen LogP contribution is 2.25. The van der Waals surface area contributed by atoms with Gasteiger partial charge in [0.1, 0.15) is 17.4 Å². The van der Waals surface area contributed by atoms with Crippen molar-refractivity contribution >= 4 is 17.5 Å². The molecule has 154 valence electrons. The van der Waals surface area contributed by atoms with Crippen LogP contribution in [0.2, 0.25) is 0 Å².